The van der Waals surface area contributed by atoms with Crippen molar-refractivity contribution in [1.29, 1.82) is 0 Å². The van der Waals surface area contributed by atoms with Crippen molar-refractivity contribution >= 4 is 11.5 Å². The quantitative estimate of drug-likeness (QED) is 0.124. The average molecular weight is 504 g/mol. The molecule has 0 saturated carbocycles. The zero-order valence-corrected chi connectivity index (χ0v) is 21.9. The van der Waals surface area contributed by atoms with Gasteiger partial charge in [-0.25, -0.2) is 8.78 Å². The van der Waals surface area contributed by atoms with E-state index in [9.17, 15) is 13.6 Å². The van der Waals surface area contributed by atoms with E-state index in [1.807, 2.05) is 76.2 Å². The number of halogens is 2. The number of carbonyl (C=O) groups excluding carboxylic acids is 1. The van der Waals surface area contributed by atoms with Gasteiger partial charge in [-0.3, -0.25) is 4.79 Å². The van der Waals surface area contributed by atoms with E-state index in [1.165, 1.54) is 24.3 Å². The van der Waals surface area contributed by atoms with Gasteiger partial charge in [-0.1, -0.05) is 118 Å². The Morgan fingerprint density at radius 1 is 0.622 bits per heavy atom. The second-order valence-corrected chi connectivity index (χ2v) is 7.32. The molecule has 0 aromatic heterocycles. The highest BCUT2D eigenvalue weighted by Crippen LogP contribution is 2.11. The van der Waals surface area contributed by atoms with Crippen LogP contribution in [0.2, 0.25) is 0 Å². The van der Waals surface area contributed by atoms with Gasteiger partial charge in [-0.15, -0.1) is 0 Å². The molecule has 0 spiro atoms. The van der Waals surface area contributed by atoms with Crippen molar-refractivity contribution in [3.05, 3.63) is 143 Å². The number of hydrogen-bond acceptors (Lipinski definition) is 3. The summed E-state index contributed by atoms with van der Waals surface area (Å²) in [5.74, 6) is -0.586. The lowest BCUT2D eigenvalue weighted by Crippen LogP contribution is -2.05. The largest absolute Gasteiger partial charge is 0.411 e. The van der Waals surface area contributed by atoms with Crippen LogP contribution in [0, 0.1) is 11.6 Å². The smallest absolute Gasteiger partial charge is 0.167 e. The van der Waals surface area contributed by atoms with Gasteiger partial charge < -0.3 is 5.21 Å². The molecule has 0 radical (unpaired) electrons. The normalized spacial score (nSPS) is 9.95. The highest BCUT2D eigenvalue weighted by Gasteiger charge is 2.07. The molecule has 1 N–H and O–H groups in total. The number of hydrogen-bond donors (Lipinski definition) is 1. The molecule has 37 heavy (non-hydrogen) atoms. The van der Waals surface area contributed by atoms with Gasteiger partial charge in [0.15, 0.2) is 5.78 Å². The average Bonchev–Trinajstić information content (AvgIpc) is 2.95. The summed E-state index contributed by atoms with van der Waals surface area (Å²) in [5, 5.41) is 12.3. The molecule has 0 aliphatic rings. The van der Waals surface area contributed by atoms with Crippen LogP contribution in [-0.4, -0.2) is 16.7 Å². The summed E-state index contributed by atoms with van der Waals surface area (Å²) in [4.78, 5) is 11.8. The van der Waals surface area contributed by atoms with Gasteiger partial charge in [0.2, 0.25) is 0 Å². The summed E-state index contributed by atoms with van der Waals surface area (Å²) in [6.07, 6.45) is 0.639. The molecule has 3 nitrogen and oxygen atoms in total. The molecular weight excluding hydrogens is 468 g/mol. The zero-order chi connectivity index (χ0) is 27.5. The van der Waals surface area contributed by atoms with E-state index >= 15 is 0 Å². The van der Waals surface area contributed by atoms with E-state index in [0.717, 1.165) is 11.1 Å². The molecule has 4 rings (SSSR count). The first-order valence-corrected chi connectivity index (χ1v) is 12.4. The summed E-state index contributed by atoms with van der Waals surface area (Å²) in [5.41, 5.74) is 3.50. The predicted molar refractivity (Wildman–Crippen MR) is 148 cm³/mol. The van der Waals surface area contributed by atoms with Gasteiger partial charge in [0, 0.05) is 18.4 Å². The van der Waals surface area contributed by atoms with Crippen LogP contribution in [0.4, 0.5) is 8.78 Å². The first-order chi connectivity index (χ1) is 18.0. The number of carbonyl (C=O) groups is 1. The molecule has 0 unspecified atom stereocenters. The lowest BCUT2D eigenvalue weighted by atomic mass is 10.0. The summed E-state index contributed by atoms with van der Waals surface area (Å²) >= 11 is 0. The van der Waals surface area contributed by atoms with Crippen LogP contribution < -0.4 is 0 Å². The molecule has 0 heterocycles. The SMILES string of the molecule is CC.CC.O/N=C(\Cc1cccc(F)c1)c1ccccc1.O=C(Cc1cccc(F)c1)c1ccccc1. The standard InChI is InChI=1S/C14H12FNO.C14H11FO.2C2H6/c15-13-8-4-5-11(9-13)10-14(16-17)12-6-2-1-3-7-12;15-13-8-4-5-11(9-13)10-14(16)12-6-2-1-3-7-12;2*1-2/h1-9,17H,10H2;1-9H,10H2;2*1-2H3/b16-14+;;;. The van der Waals surface area contributed by atoms with E-state index < -0.39 is 0 Å². The fourth-order valence-corrected chi connectivity index (χ4v) is 3.22. The summed E-state index contributed by atoms with van der Waals surface area (Å²) in [6.45, 7) is 8.00. The third kappa shape index (κ3) is 11.4. The van der Waals surface area contributed by atoms with Crippen molar-refractivity contribution in [2.75, 3.05) is 0 Å². The highest BCUT2D eigenvalue weighted by atomic mass is 19.1. The van der Waals surface area contributed by atoms with Gasteiger partial charge >= 0.3 is 0 Å². The van der Waals surface area contributed by atoms with Crippen molar-refractivity contribution in [2.45, 2.75) is 40.5 Å². The predicted octanol–water partition coefficient (Wildman–Crippen LogP) is 8.55. The van der Waals surface area contributed by atoms with E-state index in [2.05, 4.69) is 5.16 Å². The van der Waals surface area contributed by atoms with Gasteiger partial charge in [0.1, 0.15) is 11.6 Å². The van der Waals surface area contributed by atoms with Crippen LogP contribution in [0.3, 0.4) is 0 Å². The number of rotatable bonds is 6. The van der Waals surface area contributed by atoms with Crippen molar-refractivity contribution in [3.63, 3.8) is 0 Å². The minimum atomic E-state index is -0.307. The maximum Gasteiger partial charge on any atom is 0.167 e. The number of nitrogens with zero attached hydrogens (tertiary/aromatic N) is 1. The molecular formula is C32H35F2NO2. The Hall–Kier alpha value is -4.12. The maximum absolute atomic E-state index is 13.0. The van der Waals surface area contributed by atoms with Crippen molar-refractivity contribution < 1.29 is 18.8 Å². The van der Waals surface area contributed by atoms with Crippen LogP contribution in [-0.2, 0) is 12.8 Å². The third-order valence-electron chi connectivity index (χ3n) is 4.84. The van der Waals surface area contributed by atoms with Crippen LogP contribution >= 0.6 is 0 Å². The molecule has 0 atom stereocenters. The Morgan fingerprint density at radius 3 is 1.49 bits per heavy atom. The van der Waals surface area contributed by atoms with Crippen LogP contribution in [0.1, 0.15) is 54.7 Å². The summed E-state index contributed by atoms with van der Waals surface area (Å²) in [7, 11) is 0. The Balaban J connectivity index is 0.000000327. The van der Waals surface area contributed by atoms with Gasteiger partial charge in [-0.05, 0) is 41.0 Å². The molecule has 0 aliphatic carbocycles. The molecule has 194 valence electrons. The highest BCUT2D eigenvalue weighted by molar-refractivity contribution is 6.01. The van der Waals surface area contributed by atoms with Crippen molar-refractivity contribution in [3.8, 4) is 0 Å². The molecule has 4 aromatic carbocycles. The fourth-order valence-electron chi connectivity index (χ4n) is 3.22. The molecule has 4 aromatic rings. The topological polar surface area (TPSA) is 49.7 Å². The lowest BCUT2D eigenvalue weighted by Gasteiger charge is -2.04. The Kier molecular flexibility index (Phi) is 15.2. The first-order valence-electron chi connectivity index (χ1n) is 12.4. The number of oxime groups is 1. The Bertz CT molecular complexity index is 1210. The van der Waals surface area contributed by atoms with E-state index in [1.54, 1.807) is 36.4 Å². The number of ketones is 1. The number of Topliss-reactive ketones (excluding diaryl/α,β-unsaturated/α-hetero) is 1. The second-order valence-electron chi connectivity index (χ2n) is 7.32. The van der Waals surface area contributed by atoms with Crippen LogP contribution in [0.15, 0.2) is 114 Å². The molecule has 0 bridgehead atoms. The van der Waals surface area contributed by atoms with Crippen molar-refractivity contribution in [2.24, 2.45) is 5.16 Å². The van der Waals surface area contributed by atoms with Gasteiger partial charge in [0.05, 0.1) is 5.71 Å². The van der Waals surface area contributed by atoms with E-state index in [-0.39, 0.29) is 23.8 Å². The fraction of sp³-hybridized carbons (Fsp3) is 0.188. The minimum Gasteiger partial charge on any atom is -0.411 e. The third-order valence-corrected chi connectivity index (χ3v) is 4.84. The van der Waals surface area contributed by atoms with Gasteiger partial charge in [0.25, 0.3) is 0 Å². The summed E-state index contributed by atoms with van der Waals surface area (Å²) < 4.78 is 25.9. The zero-order valence-electron chi connectivity index (χ0n) is 21.9. The molecule has 0 amide bonds. The number of benzene rings is 4. The second kappa shape index (κ2) is 18.2. The monoisotopic (exact) mass is 503 g/mol. The first kappa shape index (κ1) is 30.9. The van der Waals surface area contributed by atoms with Gasteiger partial charge in [-0.2, -0.15) is 0 Å². The lowest BCUT2D eigenvalue weighted by molar-refractivity contribution is 0.0993. The van der Waals surface area contributed by atoms with E-state index in [0.29, 0.717) is 23.3 Å². The Labute approximate surface area is 219 Å². The molecule has 0 aliphatic heterocycles. The Morgan fingerprint density at radius 2 is 1.05 bits per heavy atom. The minimum absolute atomic E-state index is 0.00574. The van der Waals surface area contributed by atoms with Crippen LogP contribution in [0.25, 0.3) is 0 Å². The summed E-state index contributed by atoms with van der Waals surface area (Å²) in [6, 6.07) is 30.8. The van der Waals surface area contributed by atoms with Crippen molar-refractivity contribution in [1.82, 2.24) is 0 Å². The van der Waals surface area contributed by atoms with E-state index in [4.69, 9.17) is 5.21 Å². The molecule has 0 fully saturated rings. The molecule has 5 heteroatoms. The maximum atomic E-state index is 13.0. The molecule has 0 saturated heterocycles. The van der Waals surface area contributed by atoms with Crippen LogP contribution in [0.5, 0.6) is 0 Å².